The fraction of sp³-hybridized carbons (Fsp3) is 0.211. The molecule has 1 N–H and O–H groups in total. The summed E-state index contributed by atoms with van der Waals surface area (Å²) in [4.78, 5) is 20.9. The topological polar surface area (TPSA) is 77.7 Å². The molecule has 158 valence electrons. The number of methoxy groups -OCH3 is 2. The summed E-state index contributed by atoms with van der Waals surface area (Å²) in [6, 6.07) is 17.1. The number of alkyl carbamates (subject to hydrolysis) is 1. The lowest BCUT2D eigenvalue weighted by atomic mass is 10.2. The van der Waals surface area contributed by atoms with Gasteiger partial charge in [-0.2, -0.15) is 4.98 Å². The first-order valence-electron chi connectivity index (χ1n) is 8.57. The molecule has 0 aliphatic rings. The van der Waals surface area contributed by atoms with E-state index in [9.17, 15) is 4.79 Å². The molecule has 11 heteroatoms. The third-order valence-electron chi connectivity index (χ3n) is 3.90. The number of amides is 1. The highest BCUT2D eigenvalue weighted by molar-refractivity contribution is 7.04. The van der Waals surface area contributed by atoms with E-state index >= 15 is 0 Å². The van der Waals surface area contributed by atoms with Gasteiger partial charge in [-0.05, 0) is 47.9 Å². The number of hydrogen-bond acceptors (Lipinski definition) is 6. The highest BCUT2D eigenvalue weighted by Gasteiger charge is 2.34. The van der Waals surface area contributed by atoms with Gasteiger partial charge in [0, 0.05) is 5.56 Å². The summed E-state index contributed by atoms with van der Waals surface area (Å²) in [5.41, 5.74) is 1.72. The standard InChI is InChI=1S/C19H17Cl3N4O3S/c1-28-14-10-8-12(9-11-14)15-23-17(30-26(15)13-6-4-3-5-7-13)24-16(19(20,21)22)25-18(27)29-2/h3-11,16H,1-2H3,(H,25,27)/b24-17-. The lowest BCUT2D eigenvalue weighted by Gasteiger charge is -2.20. The number of carbonyl (C=O) groups is 1. The lowest BCUT2D eigenvalue weighted by Crippen LogP contribution is -2.43. The SMILES string of the molecule is COC(=O)NC(/N=c1/nc(-c2ccc(OC)cc2)n(-c2ccccc2)s1)C(Cl)(Cl)Cl. The number of ether oxygens (including phenoxy) is 2. The molecule has 1 heterocycles. The Morgan fingerprint density at radius 3 is 2.37 bits per heavy atom. The van der Waals surface area contributed by atoms with Gasteiger partial charge in [-0.1, -0.05) is 53.0 Å². The minimum absolute atomic E-state index is 0.303. The van der Waals surface area contributed by atoms with Crippen LogP contribution >= 0.6 is 46.3 Å². The zero-order valence-electron chi connectivity index (χ0n) is 15.9. The van der Waals surface area contributed by atoms with E-state index in [2.05, 4.69) is 20.0 Å². The van der Waals surface area contributed by atoms with Crippen LogP contribution in [0, 0.1) is 0 Å². The first-order chi connectivity index (χ1) is 14.3. The number of carbonyl (C=O) groups excluding carboxylic acids is 1. The molecule has 0 radical (unpaired) electrons. The molecule has 0 aliphatic carbocycles. The van der Waals surface area contributed by atoms with E-state index in [0.29, 0.717) is 10.6 Å². The summed E-state index contributed by atoms with van der Waals surface area (Å²) in [6.45, 7) is 0. The van der Waals surface area contributed by atoms with Gasteiger partial charge < -0.3 is 9.47 Å². The van der Waals surface area contributed by atoms with E-state index in [1.807, 2.05) is 58.6 Å². The molecule has 2 aromatic carbocycles. The van der Waals surface area contributed by atoms with Crippen LogP contribution in [0.1, 0.15) is 0 Å². The van der Waals surface area contributed by atoms with Gasteiger partial charge in [-0.15, -0.1) is 0 Å². The zero-order chi connectivity index (χ0) is 21.7. The predicted octanol–water partition coefficient (Wildman–Crippen LogP) is 4.56. The minimum Gasteiger partial charge on any atom is -0.497 e. The second kappa shape index (κ2) is 9.70. The highest BCUT2D eigenvalue weighted by atomic mass is 35.6. The molecule has 30 heavy (non-hydrogen) atoms. The van der Waals surface area contributed by atoms with Crippen molar-refractivity contribution in [1.82, 2.24) is 14.3 Å². The predicted molar refractivity (Wildman–Crippen MR) is 119 cm³/mol. The van der Waals surface area contributed by atoms with Gasteiger partial charge in [0.1, 0.15) is 5.75 Å². The Bertz CT molecular complexity index is 1060. The van der Waals surface area contributed by atoms with Crippen LogP contribution in [0.3, 0.4) is 0 Å². The molecule has 0 fully saturated rings. The van der Waals surface area contributed by atoms with E-state index in [-0.39, 0.29) is 0 Å². The van der Waals surface area contributed by atoms with Crippen molar-refractivity contribution >= 4 is 52.4 Å². The third kappa shape index (κ3) is 5.46. The van der Waals surface area contributed by atoms with Gasteiger partial charge in [-0.3, -0.25) is 5.32 Å². The second-order valence-electron chi connectivity index (χ2n) is 5.88. The van der Waals surface area contributed by atoms with E-state index in [4.69, 9.17) is 39.5 Å². The molecule has 0 spiro atoms. The molecular formula is C19H17Cl3N4O3S. The lowest BCUT2D eigenvalue weighted by molar-refractivity contribution is 0.167. The zero-order valence-corrected chi connectivity index (χ0v) is 19.0. The van der Waals surface area contributed by atoms with Crippen LogP contribution in [0.25, 0.3) is 17.1 Å². The number of nitrogens with one attached hydrogen (secondary N) is 1. The van der Waals surface area contributed by atoms with Crippen LogP contribution in [0.2, 0.25) is 0 Å². The van der Waals surface area contributed by atoms with E-state index in [1.54, 1.807) is 7.11 Å². The molecule has 0 bridgehead atoms. The minimum atomic E-state index is -1.91. The number of rotatable bonds is 5. The Hall–Kier alpha value is -2.26. The van der Waals surface area contributed by atoms with Crippen LogP contribution in [-0.4, -0.2) is 39.2 Å². The van der Waals surface area contributed by atoms with E-state index in [0.717, 1.165) is 17.0 Å². The average molecular weight is 488 g/mol. The largest absolute Gasteiger partial charge is 0.497 e. The van der Waals surface area contributed by atoms with Gasteiger partial charge in [0.05, 0.1) is 19.9 Å². The number of hydrogen-bond donors (Lipinski definition) is 1. The van der Waals surface area contributed by atoms with Crippen molar-refractivity contribution in [3.05, 3.63) is 59.4 Å². The molecular weight excluding hydrogens is 471 g/mol. The van der Waals surface area contributed by atoms with Gasteiger partial charge in [0.15, 0.2) is 12.0 Å². The Balaban J connectivity index is 2.12. The quantitative estimate of drug-likeness (QED) is 0.535. The summed E-state index contributed by atoms with van der Waals surface area (Å²) in [7, 11) is 2.81. The van der Waals surface area contributed by atoms with Crippen molar-refractivity contribution in [3.63, 3.8) is 0 Å². The van der Waals surface area contributed by atoms with Crippen molar-refractivity contribution < 1.29 is 14.3 Å². The maximum absolute atomic E-state index is 11.6. The number of alkyl halides is 3. The molecule has 1 amide bonds. The van der Waals surface area contributed by atoms with Crippen LogP contribution in [0.4, 0.5) is 4.79 Å². The molecule has 1 atom stereocenters. The maximum Gasteiger partial charge on any atom is 0.408 e. The Labute approximate surface area is 192 Å². The third-order valence-corrected chi connectivity index (χ3v) is 5.44. The monoisotopic (exact) mass is 486 g/mol. The van der Waals surface area contributed by atoms with Crippen molar-refractivity contribution in [3.8, 4) is 22.8 Å². The van der Waals surface area contributed by atoms with Crippen molar-refractivity contribution in [2.45, 2.75) is 9.96 Å². The molecule has 0 saturated heterocycles. The smallest absolute Gasteiger partial charge is 0.408 e. The number of aromatic nitrogens is 2. The van der Waals surface area contributed by atoms with Gasteiger partial charge >= 0.3 is 6.09 Å². The fourth-order valence-corrected chi connectivity index (χ4v) is 3.68. The Kier molecular flexibility index (Phi) is 7.25. The molecule has 7 nitrogen and oxygen atoms in total. The number of benzene rings is 2. The second-order valence-corrected chi connectivity index (χ2v) is 9.16. The molecule has 1 aromatic heterocycles. The maximum atomic E-state index is 11.6. The molecule has 3 rings (SSSR count). The van der Waals surface area contributed by atoms with Crippen LogP contribution in [-0.2, 0) is 4.74 Å². The summed E-state index contributed by atoms with van der Waals surface area (Å²) in [5.74, 6) is 1.36. The Morgan fingerprint density at radius 2 is 1.80 bits per heavy atom. The van der Waals surface area contributed by atoms with E-state index < -0.39 is 16.1 Å². The average Bonchev–Trinajstić information content (AvgIpc) is 3.17. The van der Waals surface area contributed by atoms with Gasteiger partial charge in [-0.25, -0.2) is 13.7 Å². The number of nitrogens with zero attached hydrogens (tertiary/aromatic N) is 3. The van der Waals surface area contributed by atoms with Crippen LogP contribution in [0.5, 0.6) is 5.75 Å². The number of para-hydroxylation sites is 1. The molecule has 0 aliphatic heterocycles. The summed E-state index contributed by atoms with van der Waals surface area (Å²) < 4.78 is 9.80. The molecule has 3 aromatic rings. The van der Waals surface area contributed by atoms with Crippen molar-refractivity contribution in [1.29, 1.82) is 0 Å². The normalized spacial score (nSPS) is 13.0. The fourth-order valence-electron chi connectivity index (χ4n) is 2.46. The van der Waals surface area contributed by atoms with Gasteiger partial charge in [0.25, 0.3) is 0 Å². The van der Waals surface area contributed by atoms with Gasteiger partial charge in [0.2, 0.25) is 8.59 Å². The van der Waals surface area contributed by atoms with E-state index in [1.165, 1.54) is 18.6 Å². The number of halogens is 3. The van der Waals surface area contributed by atoms with Crippen LogP contribution in [0.15, 0.2) is 59.6 Å². The first kappa shape index (κ1) is 22.4. The molecule has 1 unspecified atom stereocenters. The summed E-state index contributed by atoms with van der Waals surface area (Å²) in [5, 5.41) is 2.40. The van der Waals surface area contributed by atoms with Crippen LogP contribution < -0.4 is 14.9 Å². The molecule has 0 saturated carbocycles. The summed E-state index contributed by atoms with van der Waals surface area (Å²) >= 11 is 19.2. The highest BCUT2D eigenvalue weighted by Crippen LogP contribution is 2.31. The first-order valence-corrected chi connectivity index (χ1v) is 10.5. The summed E-state index contributed by atoms with van der Waals surface area (Å²) in [6.07, 6.45) is -1.98. The van der Waals surface area contributed by atoms with Crippen molar-refractivity contribution in [2.75, 3.05) is 14.2 Å². The Morgan fingerprint density at radius 1 is 1.13 bits per heavy atom. The van der Waals surface area contributed by atoms with Crippen molar-refractivity contribution in [2.24, 2.45) is 4.99 Å².